The van der Waals surface area contributed by atoms with Gasteiger partial charge < -0.3 is 10.2 Å². The number of carbonyl (C=O) groups is 1. The second kappa shape index (κ2) is 5.96. The van der Waals surface area contributed by atoms with Crippen LogP contribution in [0.5, 0.6) is 0 Å². The minimum atomic E-state index is -0.759. The van der Waals surface area contributed by atoms with Crippen molar-refractivity contribution >= 4 is 17.3 Å². The molecule has 0 unspecified atom stereocenters. The van der Waals surface area contributed by atoms with E-state index in [0.717, 1.165) is 0 Å². The third-order valence-corrected chi connectivity index (χ3v) is 2.79. The number of para-hydroxylation sites is 1. The second-order valence-electron chi connectivity index (χ2n) is 4.14. The molecule has 0 saturated heterocycles. The highest BCUT2D eigenvalue weighted by Crippen LogP contribution is 2.24. The molecule has 1 atom stereocenters. The zero-order valence-electron chi connectivity index (χ0n) is 10.6. The molecule has 1 heterocycles. The number of nitro groups is 1. The maximum Gasteiger partial charge on any atom is 0.278 e. The zero-order chi connectivity index (χ0) is 14.5. The molecule has 0 aromatic heterocycles. The van der Waals surface area contributed by atoms with Crippen LogP contribution in [0.3, 0.4) is 0 Å². The van der Waals surface area contributed by atoms with Crippen LogP contribution in [0, 0.1) is 10.1 Å². The van der Waals surface area contributed by atoms with E-state index in [2.05, 4.69) is 17.1 Å². The van der Waals surface area contributed by atoms with E-state index in [0.29, 0.717) is 17.8 Å². The second-order valence-corrected chi connectivity index (χ2v) is 4.14. The summed E-state index contributed by atoms with van der Waals surface area (Å²) in [4.78, 5) is 27.2. The highest BCUT2D eigenvalue weighted by molar-refractivity contribution is 6.06. The van der Waals surface area contributed by atoms with Crippen molar-refractivity contribution in [2.24, 2.45) is 5.16 Å². The van der Waals surface area contributed by atoms with Gasteiger partial charge in [-0.25, -0.2) is 0 Å². The topological polar surface area (TPSA) is 93.8 Å². The fourth-order valence-electron chi connectivity index (χ4n) is 1.84. The number of nitro benzene ring substituents is 1. The lowest BCUT2D eigenvalue weighted by atomic mass is 10.0. The van der Waals surface area contributed by atoms with Crippen LogP contribution in [0.4, 0.5) is 5.69 Å². The Bertz CT molecular complexity index is 583. The van der Waals surface area contributed by atoms with E-state index in [1.54, 1.807) is 24.3 Å². The molecule has 0 spiro atoms. The number of nitrogens with one attached hydrogen (secondary N) is 1. The van der Waals surface area contributed by atoms with Crippen molar-refractivity contribution in [2.75, 3.05) is 6.54 Å². The Kier molecular flexibility index (Phi) is 4.09. The highest BCUT2D eigenvalue weighted by Gasteiger charge is 2.31. The molecule has 0 fully saturated rings. The lowest BCUT2D eigenvalue weighted by Gasteiger charge is -2.07. The number of carbonyl (C=O) groups excluding carboxylic acids is 1. The van der Waals surface area contributed by atoms with Crippen LogP contribution in [0.1, 0.15) is 12.0 Å². The van der Waals surface area contributed by atoms with E-state index in [-0.39, 0.29) is 18.0 Å². The molecule has 1 amide bonds. The minimum absolute atomic E-state index is 0.0537. The van der Waals surface area contributed by atoms with E-state index in [4.69, 9.17) is 4.84 Å². The van der Waals surface area contributed by atoms with Crippen molar-refractivity contribution in [1.29, 1.82) is 0 Å². The van der Waals surface area contributed by atoms with Gasteiger partial charge in [0.15, 0.2) is 0 Å². The summed E-state index contributed by atoms with van der Waals surface area (Å²) in [5, 5.41) is 17.3. The lowest BCUT2D eigenvalue weighted by Crippen LogP contribution is -2.34. The average Bonchev–Trinajstić information content (AvgIpc) is 2.94. The summed E-state index contributed by atoms with van der Waals surface area (Å²) in [5.74, 6) is -0.317. The van der Waals surface area contributed by atoms with Gasteiger partial charge in [0.25, 0.3) is 11.6 Å². The molecule has 104 valence electrons. The summed E-state index contributed by atoms with van der Waals surface area (Å²) in [6, 6.07) is 6.23. The van der Waals surface area contributed by atoms with Gasteiger partial charge in [0.05, 0.1) is 16.2 Å². The molecule has 1 aromatic carbocycles. The monoisotopic (exact) mass is 275 g/mol. The van der Waals surface area contributed by atoms with Crippen molar-refractivity contribution in [1.82, 2.24) is 5.32 Å². The first-order valence-corrected chi connectivity index (χ1v) is 5.98. The Hall–Kier alpha value is -2.70. The molecule has 1 aliphatic rings. The predicted molar refractivity (Wildman–Crippen MR) is 72.3 cm³/mol. The molecule has 0 aliphatic carbocycles. The van der Waals surface area contributed by atoms with Crippen LogP contribution in [0.25, 0.3) is 0 Å². The van der Waals surface area contributed by atoms with Crippen LogP contribution >= 0.6 is 0 Å². The lowest BCUT2D eigenvalue weighted by molar-refractivity contribution is -0.385. The molecule has 7 nitrogen and oxygen atoms in total. The fraction of sp³-hybridized carbons (Fsp3) is 0.231. The number of oxime groups is 1. The molecule has 0 bridgehead atoms. The standard InChI is InChI=1S/C13H13N3O4/c1-2-7-14-13(17)12-8-10(15-20-12)9-5-3-4-6-11(9)16(18)19/h2-6,12H,1,7-8H2,(H,14,17)/t12-/m1/s1. The number of rotatable bonds is 5. The number of hydrogen-bond acceptors (Lipinski definition) is 5. The third-order valence-electron chi connectivity index (χ3n) is 2.79. The van der Waals surface area contributed by atoms with Crippen molar-refractivity contribution in [3.8, 4) is 0 Å². The van der Waals surface area contributed by atoms with Gasteiger partial charge in [-0.15, -0.1) is 6.58 Å². The number of benzene rings is 1. The Morgan fingerprint density at radius 3 is 3.05 bits per heavy atom. The molecule has 1 aliphatic heterocycles. The van der Waals surface area contributed by atoms with Crippen LogP contribution < -0.4 is 5.32 Å². The molecular weight excluding hydrogens is 262 g/mol. The molecular formula is C13H13N3O4. The zero-order valence-corrected chi connectivity index (χ0v) is 10.6. The molecule has 0 radical (unpaired) electrons. The van der Waals surface area contributed by atoms with Crippen molar-refractivity contribution in [2.45, 2.75) is 12.5 Å². The summed E-state index contributed by atoms with van der Waals surface area (Å²) >= 11 is 0. The van der Waals surface area contributed by atoms with E-state index >= 15 is 0 Å². The first kappa shape index (κ1) is 13.7. The SMILES string of the molecule is C=CCNC(=O)[C@H]1CC(c2ccccc2[N+](=O)[O-])=NO1. The van der Waals surface area contributed by atoms with Crippen LogP contribution in [-0.2, 0) is 9.63 Å². The first-order chi connectivity index (χ1) is 9.63. The van der Waals surface area contributed by atoms with E-state index < -0.39 is 11.0 Å². The van der Waals surface area contributed by atoms with Gasteiger partial charge in [-0.2, -0.15) is 0 Å². The van der Waals surface area contributed by atoms with Crippen molar-refractivity contribution < 1.29 is 14.6 Å². The van der Waals surface area contributed by atoms with Gasteiger partial charge >= 0.3 is 0 Å². The van der Waals surface area contributed by atoms with E-state index in [1.165, 1.54) is 6.07 Å². The molecule has 1 N–H and O–H groups in total. The van der Waals surface area contributed by atoms with E-state index in [9.17, 15) is 14.9 Å². The Morgan fingerprint density at radius 1 is 1.60 bits per heavy atom. The summed E-state index contributed by atoms with van der Waals surface area (Å²) in [6.45, 7) is 3.83. The van der Waals surface area contributed by atoms with Crippen LogP contribution in [-0.4, -0.2) is 29.2 Å². The summed E-state index contributed by atoms with van der Waals surface area (Å²) in [5.41, 5.74) is 0.717. The van der Waals surface area contributed by atoms with Crippen molar-refractivity contribution in [3.05, 3.63) is 52.6 Å². The molecule has 20 heavy (non-hydrogen) atoms. The van der Waals surface area contributed by atoms with Gasteiger partial charge in [0, 0.05) is 19.0 Å². The first-order valence-electron chi connectivity index (χ1n) is 5.98. The number of nitrogens with zero attached hydrogens (tertiary/aromatic N) is 2. The van der Waals surface area contributed by atoms with Crippen LogP contribution in [0.15, 0.2) is 42.1 Å². The highest BCUT2D eigenvalue weighted by atomic mass is 16.6. The number of amides is 1. The van der Waals surface area contributed by atoms with Gasteiger partial charge in [-0.1, -0.05) is 23.4 Å². The minimum Gasteiger partial charge on any atom is -0.382 e. The smallest absolute Gasteiger partial charge is 0.278 e. The van der Waals surface area contributed by atoms with E-state index in [1.807, 2.05) is 0 Å². The van der Waals surface area contributed by atoms with Gasteiger partial charge in [0.2, 0.25) is 6.10 Å². The maximum atomic E-state index is 11.7. The molecule has 0 saturated carbocycles. The quantitative estimate of drug-likeness (QED) is 0.499. The summed E-state index contributed by atoms with van der Waals surface area (Å²) < 4.78 is 0. The molecule has 1 aromatic rings. The largest absolute Gasteiger partial charge is 0.382 e. The van der Waals surface area contributed by atoms with Crippen molar-refractivity contribution in [3.63, 3.8) is 0 Å². The fourth-order valence-corrected chi connectivity index (χ4v) is 1.84. The molecule has 2 rings (SSSR count). The summed E-state index contributed by atoms with van der Waals surface area (Å²) in [6.07, 6.45) is 0.995. The predicted octanol–water partition coefficient (Wildman–Crippen LogP) is 1.39. The maximum absolute atomic E-state index is 11.7. The normalized spacial score (nSPS) is 17.0. The summed E-state index contributed by atoms with van der Waals surface area (Å²) in [7, 11) is 0. The van der Waals surface area contributed by atoms with Gasteiger partial charge in [-0.05, 0) is 6.07 Å². The van der Waals surface area contributed by atoms with Gasteiger partial charge in [-0.3, -0.25) is 14.9 Å². The van der Waals surface area contributed by atoms with Crippen LogP contribution in [0.2, 0.25) is 0 Å². The third kappa shape index (κ3) is 2.82. The Balaban J connectivity index is 2.12. The number of hydrogen-bond donors (Lipinski definition) is 1. The van der Waals surface area contributed by atoms with Gasteiger partial charge in [0.1, 0.15) is 0 Å². The Morgan fingerprint density at radius 2 is 2.35 bits per heavy atom. The molecule has 7 heteroatoms. The average molecular weight is 275 g/mol. The Labute approximate surface area is 115 Å².